The molecule has 0 bridgehead atoms. The summed E-state index contributed by atoms with van der Waals surface area (Å²) in [5.74, 6) is -1.26. The molecule has 8 nitrogen and oxygen atoms in total. The third-order valence-corrected chi connectivity index (χ3v) is 4.80. The van der Waals surface area contributed by atoms with Gasteiger partial charge >= 0.3 is 5.97 Å². The Morgan fingerprint density at radius 2 is 1.93 bits per heavy atom. The van der Waals surface area contributed by atoms with Gasteiger partial charge in [0.15, 0.2) is 0 Å². The van der Waals surface area contributed by atoms with Gasteiger partial charge in [0.05, 0.1) is 16.7 Å². The fourth-order valence-corrected chi connectivity index (χ4v) is 3.27. The molecule has 1 aliphatic heterocycles. The molecule has 0 aromatic heterocycles. The number of hydrogen-bond acceptors (Lipinski definition) is 5. The first kappa shape index (κ1) is 20.2. The largest absolute Gasteiger partial charge is 0.481 e. The minimum atomic E-state index is -0.960. The van der Waals surface area contributed by atoms with E-state index in [0.717, 1.165) is 11.1 Å². The Labute approximate surface area is 167 Å². The number of aliphatic carboxylic acids is 1. The van der Waals surface area contributed by atoms with Crippen molar-refractivity contribution in [1.82, 2.24) is 5.01 Å². The molecule has 0 aliphatic carbocycles. The van der Waals surface area contributed by atoms with Crippen LogP contribution >= 0.6 is 0 Å². The Morgan fingerprint density at radius 3 is 2.59 bits per heavy atom. The van der Waals surface area contributed by atoms with Crippen LogP contribution in [0.25, 0.3) is 0 Å². The predicted molar refractivity (Wildman–Crippen MR) is 107 cm³/mol. The van der Waals surface area contributed by atoms with Crippen molar-refractivity contribution in [1.29, 1.82) is 0 Å². The summed E-state index contributed by atoms with van der Waals surface area (Å²) in [6.45, 7) is 1.98. The number of nitrogens with zero attached hydrogens (tertiary/aromatic N) is 3. The summed E-state index contributed by atoms with van der Waals surface area (Å²) in [7, 11) is 0. The van der Waals surface area contributed by atoms with E-state index in [0.29, 0.717) is 17.7 Å². The van der Waals surface area contributed by atoms with Crippen molar-refractivity contribution in [2.45, 2.75) is 38.6 Å². The number of benzene rings is 2. The molecule has 0 radical (unpaired) electrons. The van der Waals surface area contributed by atoms with Gasteiger partial charge in [-0.1, -0.05) is 42.0 Å². The van der Waals surface area contributed by atoms with Crippen LogP contribution in [0.2, 0.25) is 0 Å². The molecule has 3 rings (SSSR count). The number of nitro benzene ring substituents is 1. The van der Waals surface area contributed by atoms with E-state index < -0.39 is 16.9 Å². The zero-order valence-electron chi connectivity index (χ0n) is 15.9. The average Bonchev–Trinajstić information content (AvgIpc) is 3.14. The lowest BCUT2D eigenvalue weighted by Gasteiger charge is -2.22. The molecule has 0 saturated heterocycles. The van der Waals surface area contributed by atoms with Crippen molar-refractivity contribution < 1.29 is 19.6 Å². The SMILES string of the molecule is Cc1ccc(C2=NN(C(=O)CCCC(=O)O)[C@@H](c3cccc([N+](=O)[O-])c3)C2)cc1. The summed E-state index contributed by atoms with van der Waals surface area (Å²) in [5.41, 5.74) is 3.27. The van der Waals surface area contributed by atoms with Crippen LogP contribution in [0.3, 0.4) is 0 Å². The summed E-state index contributed by atoms with van der Waals surface area (Å²) < 4.78 is 0. The number of carboxylic acid groups (broad SMARTS) is 1. The Balaban J connectivity index is 1.90. The van der Waals surface area contributed by atoms with Gasteiger partial charge in [0.2, 0.25) is 5.91 Å². The van der Waals surface area contributed by atoms with Crippen LogP contribution < -0.4 is 0 Å². The smallest absolute Gasteiger partial charge is 0.303 e. The lowest BCUT2D eigenvalue weighted by atomic mass is 9.97. The molecule has 0 unspecified atom stereocenters. The monoisotopic (exact) mass is 395 g/mol. The molecule has 0 saturated carbocycles. The Hall–Kier alpha value is -3.55. The molecule has 8 heteroatoms. The lowest BCUT2D eigenvalue weighted by Crippen LogP contribution is -2.27. The van der Waals surface area contributed by atoms with Crippen LogP contribution in [0.1, 0.15) is 48.4 Å². The molecule has 2 aromatic rings. The number of amides is 1. The van der Waals surface area contributed by atoms with Crippen molar-refractivity contribution in [3.05, 3.63) is 75.3 Å². The van der Waals surface area contributed by atoms with Gasteiger partial charge in [-0.05, 0) is 24.5 Å². The highest BCUT2D eigenvalue weighted by molar-refractivity contribution is 6.03. The molecule has 1 atom stereocenters. The highest BCUT2D eigenvalue weighted by Gasteiger charge is 2.33. The fourth-order valence-electron chi connectivity index (χ4n) is 3.27. The van der Waals surface area contributed by atoms with Gasteiger partial charge < -0.3 is 5.11 Å². The summed E-state index contributed by atoms with van der Waals surface area (Å²) in [6.07, 6.45) is 0.578. The van der Waals surface area contributed by atoms with Crippen LogP contribution in [0.5, 0.6) is 0 Å². The van der Waals surface area contributed by atoms with Gasteiger partial charge in [0.25, 0.3) is 5.69 Å². The number of hydrazone groups is 1. The van der Waals surface area contributed by atoms with Crippen LogP contribution in [0.4, 0.5) is 5.69 Å². The molecule has 1 N–H and O–H groups in total. The number of hydrogen-bond donors (Lipinski definition) is 1. The van der Waals surface area contributed by atoms with Crippen LogP contribution in [-0.4, -0.2) is 32.6 Å². The van der Waals surface area contributed by atoms with Crippen molar-refractivity contribution in [2.75, 3.05) is 0 Å². The number of nitro groups is 1. The van der Waals surface area contributed by atoms with E-state index in [1.54, 1.807) is 12.1 Å². The third-order valence-electron chi connectivity index (χ3n) is 4.80. The first-order chi connectivity index (χ1) is 13.8. The number of carboxylic acids is 1. The number of carbonyl (C=O) groups excluding carboxylic acids is 1. The number of aryl methyl sites for hydroxylation is 1. The predicted octanol–water partition coefficient (Wildman–Crippen LogP) is 3.84. The standard InChI is InChI=1S/C21H21N3O5/c1-14-8-10-15(11-9-14)18-13-19(16-4-2-5-17(12-16)24(28)29)23(22-18)20(25)6-3-7-21(26)27/h2,4-5,8-12,19H,3,6-7,13H2,1H3,(H,26,27)/t19-/m1/s1. The first-order valence-corrected chi connectivity index (χ1v) is 9.28. The second-order valence-corrected chi connectivity index (χ2v) is 6.97. The maximum atomic E-state index is 12.8. The van der Waals surface area contributed by atoms with E-state index in [1.807, 2.05) is 31.2 Å². The molecule has 0 fully saturated rings. The molecule has 2 aromatic carbocycles. The summed E-state index contributed by atoms with van der Waals surface area (Å²) in [6, 6.07) is 13.5. The van der Waals surface area contributed by atoms with Crippen LogP contribution in [0, 0.1) is 17.0 Å². The molecule has 1 amide bonds. The zero-order valence-corrected chi connectivity index (χ0v) is 15.9. The van der Waals surface area contributed by atoms with E-state index in [-0.39, 0.29) is 30.9 Å². The van der Waals surface area contributed by atoms with Crippen molar-refractivity contribution in [3.8, 4) is 0 Å². The Kier molecular flexibility index (Phi) is 6.01. The minimum absolute atomic E-state index is 0.0441. The number of carbonyl (C=O) groups is 2. The third kappa shape index (κ3) is 4.84. The molecular formula is C21H21N3O5. The van der Waals surface area contributed by atoms with Crippen molar-refractivity contribution >= 4 is 23.3 Å². The topological polar surface area (TPSA) is 113 Å². The van der Waals surface area contributed by atoms with Gasteiger partial charge in [0.1, 0.15) is 0 Å². The fraction of sp³-hybridized carbons (Fsp3) is 0.286. The highest BCUT2D eigenvalue weighted by atomic mass is 16.6. The first-order valence-electron chi connectivity index (χ1n) is 9.28. The number of rotatable bonds is 7. The van der Waals surface area contributed by atoms with E-state index in [9.17, 15) is 19.7 Å². The summed E-state index contributed by atoms with van der Waals surface area (Å²) in [5, 5.41) is 25.8. The Bertz CT molecular complexity index is 969. The van der Waals surface area contributed by atoms with Gasteiger partial charge in [-0.2, -0.15) is 5.10 Å². The number of non-ortho nitro benzene ring substituents is 1. The Morgan fingerprint density at radius 1 is 1.21 bits per heavy atom. The second kappa shape index (κ2) is 8.64. The molecule has 150 valence electrons. The minimum Gasteiger partial charge on any atom is -0.481 e. The molecule has 0 spiro atoms. The maximum absolute atomic E-state index is 12.8. The quantitative estimate of drug-likeness (QED) is 0.565. The van der Waals surface area contributed by atoms with Crippen molar-refractivity contribution in [2.24, 2.45) is 5.10 Å². The van der Waals surface area contributed by atoms with Gasteiger partial charge in [-0.15, -0.1) is 0 Å². The van der Waals surface area contributed by atoms with Gasteiger partial charge in [-0.25, -0.2) is 5.01 Å². The lowest BCUT2D eigenvalue weighted by molar-refractivity contribution is -0.385. The molecular weight excluding hydrogens is 374 g/mol. The van der Waals surface area contributed by atoms with E-state index >= 15 is 0 Å². The van der Waals surface area contributed by atoms with E-state index in [1.165, 1.54) is 17.1 Å². The van der Waals surface area contributed by atoms with Crippen LogP contribution in [0.15, 0.2) is 53.6 Å². The zero-order chi connectivity index (χ0) is 21.0. The summed E-state index contributed by atoms with van der Waals surface area (Å²) >= 11 is 0. The van der Waals surface area contributed by atoms with Gasteiger partial charge in [0, 0.05) is 31.4 Å². The summed E-state index contributed by atoms with van der Waals surface area (Å²) in [4.78, 5) is 34.2. The normalized spacial score (nSPS) is 15.8. The highest BCUT2D eigenvalue weighted by Crippen LogP contribution is 2.34. The molecule has 29 heavy (non-hydrogen) atoms. The molecule has 1 heterocycles. The van der Waals surface area contributed by atoms with Crippen LogP contribution in [-0.2, 0) is 9.59 Å². The van der Waals surface area contributed by atoms with Crippen molar-refractivity contribution in [3.63, 3.8) is 0 Å². The molecule has 1 aliphatic rings. The van der Waals surface area contributed by atoms with E-state index in [2.05, 4.69) is 5.10 Å². The van der Waals surface area contributed by atoms with Gasteiger partial charge in [-0.3, -0.25) is 19.7 Å². The van der Waals surface area contributed by atoms with E-state index in [4.69, 9.17) is 5.11 Å². The maximum Gasteiger partial charge on any atom is 0.303 e. The average molecular weight is 395 g/mol. The second-order valence-electron chi connectivity index (χ2n) is 6.97.